The molecule has 3 heterocycles. The topological polar surface area (TPSA) is 36.4 Å². The highest BCUT2D eigenvalue weighted by Crippen LogP contribution is 2.36. The van der Waals surface area contributed by atoms with Gasteiger partial charge in [0.2, 0.25) is 5.91 Å². The summed E-state index contributed by atoms with van der Waals surface area (Å²) in [6.45, 7) is 6.98. The summed E-state index contributed by atoms with van der Waals surface area (Å²) in [5, 5.41) is 0. The van der Waals surface area contributed by atoms with Gasteiger partial charge in [0.1, 0.15) is 0 Å². The fraction of sp³-hybridized carbons (Fsp3) is 0.647. The van der Waals surface area contributed by atoms with Crippen molar-refractivity contribution in [3.63, 3.8) is 0 Å². The van der Waals surface area contributed by atoms with Gasteiger partial charge in [0, 0.05) is 44.4 Å². The van der Waals surface area contributed by atoms with Gasteiger partial charge in [-0.15, -0.1) is 0 Å². The van der Waals surface area contributed by atoms with Crippen molar-refractivity contribution in [2.24, 2.45) is 0 Å². The molecule has 3 rings (SSSR count). The molecule has 0 aliphatic carbocycles. The van der Waals surface area contributed by atoms with Crippen LogP contribution in [0.25, 0.3) is 0 Å². The van der Waals surface area contributed by atoms with Crippen LogP contribution in [0, 0.1) is 0 Å². The SMILES string of the molecule is CC(=O)N1CCC(CN2CCCC2)(c2cccnc2)CC1. The first-order valence-electron chi connectivity index (χ1n) is 8.08. The van der Waals surface area contributed by atoms with E-state index in [-0.39, 0.29) is 11.3 Å². The minimum atomic E-state index is 0.171. The lowest BCUT2D eigenvalue weighted by molar-refractivity contribution is -0.130. The maximum absolute atomic E-state index is 11.6. The lowest BCUT2D eigenvalue weighted by atomic mass is 9.73. The van der Waals surface area contributed by atoms with Crippen molar-refractivity contribution in [2.75, 3.05) is 32.7 Å². The van der Waals surface area contributed by atoms with Gasteiger partial charge >= 0.3 is 0 Å². The smallest absolute Gasteiger partial charge is 0.219 e. The highest BCUT2D eigenvalue weighted by Gasteiger charge is 2.38. The number of aromatic nitrogens is 1. The number of hydrogen-bond donors (Lipinski definition) is 0. The van der Waals surface area contributed by atoms with Gasteiger partial charge in [0.15, 0.2) is 0 Å². The van der Waals surface area contributed by atoms with Crippen molar-refractivity contribution in [2.45, 2.75) is 38.0 Å². The molecule has 114 valence electrons. The molecule has 2 aliphatic rings. The van der Waals surface area contributed by atoms with Crippen LogP contribution in [0.5, 0.6) is 0 Å². The minimum Gasteiger partial charge on any atom is -0.343 e. The Morgan fingerprint density at radius 2 is 1.95 bits per heavy atom. The molecule has 0 spiro atoms. The van der Waals surface area contributed by atoms with E-state index in [1.165, 1.54) is 31.5 Å². The molecule has 0 radical (unpaired) electrons. The first-order chi connectivity index (χ1) is 10.2. The highest BCUT2D eigenvalue weighted by atomic mass is 16.2. The molecule has 1 aromatic rings. The Kier molecular flexibility index (Phi) is 4.24. The van der Waals surface area contributed by atoms with Crippen LogP contribution in [0.1, 0.15) is 38.2 Å². The van der Waals surface area contributed by atoms with E-state index in [1.807, 2.05) is 23.4 Å². The molecular weight excluding hydrogens is 262 g/mol. The molecule has 0 N–H and O–H groups in total. The van der Waals surface area contributed by atoms with Crippen LogP contribution in [0.15, 0.2) is 24.5 Å². The number of carbonyl (C=O) groups is 1. The summed E-state index contributed by atoms with van der Waals surface area (Å²) in [7, 11) is 0. The van der Waals surface area contributed by atoms with Gasteiger partial charge in [-0.2, -0.15) is 0 Å². The highest BCUT2D eigenvalue weighted by molar-refractivity contribution is 5.73. The molecule has 2 saturated heterocycles. The molecule has 1 aromatic heterocycles. The number of carbonyl (C=O) groups excluding carboxylic acids is 1. The van der Waals surface area contributed by atoms with Crippen molar-refractivity contribution in [1.82, 2.24) is 14.8 Å². The van der Waals surface area contributed by atoms with E-state index < -0.39 is 0 Å². The average molecular weight is 287 g/mol. The van der Waals surface area contributed by atoms with Crippen molar-refractivity contribution < 1.29 is 4.79 Å². The zero-order valence-electron chi connectivity index (χ0n) is 12.9. The summed E-state index contributed by atoms with van der Waals surface area (Å²) in [6, 6.07) is 4.25. The zero-order chi connectivity index (χ0) is 14.7. The molecule has 0 aromatic carbocycles. The van der Waals surface area contributed by atoms with E-state index in [4.69, 9.17) is 0 Å². The predicted octanol–water partition coefficient (Wildman–Crippen LogP) is 2.06. The quantitative estimate of drug-likeness (QED) is 0.854. The number of pyridine rings is 1. The molecule has 4 heteroatoms. The van der Waals surface area contributed by atoms with Crippen LogP contribution in [-0.2, 0) is 10.2 Å². The second kappa shape index (κ2) is 6.14. The van der Waals surface area contributed by atoms with Crippen molar-refractivity contribution in [3.05, 3.63) is 30.1 Å². The molecule has 0 atom stereocenters. The van der Waals surface area contributed by atoms with Crippen LogP contribution in [0.4, 0.5) is 0 Å². The van der Waals surface area contributed by atoms with Gasteiger partial charge in [-0.05, 0) is 50.4 Å². The van der Waals surface area contributed by atoms with E-state index in [1.54, 1.807) is 6.92 Å². The summed E-state index contributed by atoms with van der Waals surface area (Å²) < 4.78 is 0. The Balaban J connectivity index is 1.80. The summed E-state index contributed by atoms with van der Waals surface area (Å²) in [5.41, 5.74) is 1.52. The fourth-order valence-electron chi connectivity index (χ4n) is 3.83. The van der Waals surface area contributed by atoms with E-state index >= 15 is 0 Å². The van der Waals surface area contributed by atoms with Gasteiger partial charge in [0.05, 0.1) is 0 Å². The molecule has 1 amide bonds. The Hall–Kier alpha value is -1.42. The van der Waals surface area contributed by atoms with E-state index in [2.05, 4.69) is 16.0 Å². The normalized spacial score (nSPS) is 22.4. The predicted molar refractivity (Wildman–Crippen MR) is 83.1 cm³/mol. The molecular formula is C17H25N3O. The van der Waals surface area contributed by atoms with Gasteiger partial charge in [-0.3, -0.25) is 9.78 Å². The number of amides is 1. The third-order valence-electron chi connectivity index (χ3n) is 5.16. The van der Waals surface area contributed by atoms with Crippen LogP contribution in [0.2, 0.25) is 0 Å². The second-order valence-electron chi connectivity index (χ2n) is 6.51. The van der Waals surface area contributed by atoms with Crippen molar-refractivity contribution in [1.29, 1.82) is 0 Å². The maximum atomic E-state index is 11.6. The summed E-state index contributed by atoms with van der Waals surface area (Å²) in [5.74, 6) is 0.205. The molecule has 0 saturated carbocycles. The van der Waals surface area contributed by atoms with Crippen LogP contribution >= 0.6 is 0 Å². The molecule has 4 nitrogen and oxygen atoms in total. The lowest BCUT2D eigenvalue weighted by Crippen LogP contribution is -2.49. The molecule has 0 unspecified atom stereocenters. The van der Waals surface area contributed by atoms with Crippen LogP contribution in [0.3, 0.4) is 0 Å². The Labute approximate surface area is 127 Å². The van der Waals surface area contributed by atoms with Crippen molar-refractivity contribution in [3.8, 4) is 0 Å². The number of likely N-dealkylation sites (tertiary alicyclic amines) is 2. The Bertz CT molecular complexity index is 474. The third kappa shape index (κ3) is 3.10. The molecule has 2 aliphatic heterocycles. The molecule has 0 bridgehead atoms. The molecule has 2 fully saturated rings. The number of hydrogen-bond acceptors (Lipinski definition) is 3. The van der Waals surface area contributed by atoms with E-state index in [9.17, 15) is 4.79 Å². The standard InChI is InChI=1S/C17H25N3O/c1-15(21)20-11-6-17(7-12-20,14-19-9-2-3-10-19)16-5-4-8-18-13-16/h4-5,8,13H,2-3,6-7,9-12,14H2,1H3. The average Bonchev–Trinajstić information content (AvgIpc) is 3.01. The minimum absolute atomic E-state index is 0.171. The fourth-order valence-corrected chi connectivity index (χ4v) is 3.83. The first kappa shape index (κ1) is 14.5. The summed E-state index contributed by atoms with van der Waals surface area (Å²) >= 11 is 0. The van der Waals surface area contributed by atoms with Crippen LogP contribution in [-0.4, -0.2) is 53.4 Å². The zero-order valence-corrected chi connectivity index (χ0v) is 12.9. The molecule has 21 heavy (non-hydrogen) atoms. The van der Waals surface area contributed by atoms with Gasteiger partial charge in [-0.25, -0.2) is 0 Å². The van der Waals surface area contributed by atoms with Gasteiger partial charge in [0.25, 0.3) is 0 Å². The Morgan fingerprint density at radius 3 is 2.52 bits per heavy atom. The monoisotopic (exact) mass is 287 g/mol. The largest absolute Gasteiger partial charge is 0.343 e. The van der Waals surface area contributed by atoms with E-state index in [0.717, 1.165) is 32.5 Å². The lowest BCUT2D eigenvalue weighted by Gasteiger charge is -2.44. The third-order valence-corrected chi connectivity index (χ3v) is 5.16. The van der Waals surface area contributed by atoms with E-state index in [0.29, 0.717) is 0 Å². The summed E-state index contributed by atoms with van der Waals surface area (Å²) in [6.07, 6.45) is 8.62. The van der Waals surface area contributed by atoms with Gasteiger partial charge < -0.3 is 9.80 Å². The number of rotatable bonds is 3. The number of nitrogens with zero attached hydrogens (tertiary/aromatic N) is 3. The first-order valence-corrected chi connectivity index (χ1v) is 8.08. The second-order valence-corrected chi connectivity index (χ2v) is 6.51. The summed E-state index contributed by atoms with van der Waals surface area (Å²) in [4.78, 5) is 20.5. The van der Waals surface area contributed by atoms with Crippen LogP contribution < -0.4 is 0 Å². The van der Waals surface area contributed by atoms with Gasteiger partial charge in [-0.1, -0.05) is 6.07 Å². The maximum Gasteiger partial charge on any atom is 0.219 e. The Morgan fingerprint density at radius 1 is 1.24 bits per heavy atom. The van der Waals surface area contributed by atoms with Crippen molar-refractivity contribution >= 4 is 5.91 Å². The number of piperidine rings is 1.